The molecule has 0 aromatic carbocycles. The molecule has 0 bridgehead atoms. The minimum atomic E-state index is 0.819. The van der Waals surface area contributed by atoms with Crippen LogP contribution in [0.15, 0.2) is 0 Å². The summed E-state index contributed by atoms with van der Waals surface area (Å²) in [6, 6.07) is 0. The molecule has 1 heterocycles. The van der Waals surface area contributed by atoms with Crippen LogP contribution in [-0.4, -0.2) is 39.9 Å². The van der Waals surface area contributed by atoms with E-state index in [4.69, 9.17) is 0 Å². The molecule has 62 valence electrons. The van der Waals surface area contributed by atoms with Gasteiger partial charge in [-0.15, -0.1) is 0 Å². The number of piperazine rings is 1. The Morgan fingerprint density at radius 3 is 1.50 bits per heavy atom. The summed E-state index contributed by atoms with van der Waals surface area (Å²) in [5.74, 6) is 0. The first-order chi connectivity index (χ1) is 4.91. The van der Waals surface area contributed by atoms with Gasteiger partial charge in [-0.3, -0.25) is 0 Å². The van der Waals surface area contributed by atoms with Gasteiger partial charge in [-0.05, 0) is 6.92 Å². The van der Waals surface area contributed by atoms with E-state index in [9.17, 15) is 0 Å². The molecular weight excluding hydrogens is 128 g/mol. The first kappa shape index (κ1) is 9.88. The summed E-state index contributed by atoms with van der Waals surface area (Å²) in [6.07, 6.45) is 0. The van der Waals surface area contributed by atoms with Gasteiger partial charge in [0.1, 0.15) is 0 Å². The Hall–Kier alpha value is -0.120. The summed E-state index contributed by atoms with van der Waals surface area (Å²) in [5, 5.41) is 6.44. The number of hydrogen-bond acceptors (Lipinski definition) is 3. The van der Waals surface area contributed by atoms with Crippen molar-refractivity contribution in [3.63, 3.8) is 0 Å². The molecule has 3 heteroatoms. The van der Waals surface area contributed by atoms with Gasteiger partial charge in [-0.25, -0.2) is 0 Å². The average Bonchev–Trinajstić information content (AvgIpc) is 2.08. The third-order valence-electron chi connectivity index (χ3n) is 1.25. The van der Waals surface area contributed by atoms with Gasteiger partial charge in [0.15, 0.2) is 0 Å². The lowest BCUT2D eigenvalue weighted by atomic mass is 10.4. The van der Waals surface area contributed by atoms with Crippen molar-refractivity contribution < 1.29 is 4.74 Å². The fraction of sp³-hybridized carbons (Fsp3) is 1.00. The number of hydrogen-bond donors (Lipinski definition) is 2. The van der Waals surface area contributed by atoms with Crippen molar-refractivity contribution in [2.45, 2.75) is 6.92 Å². The molecule has 3 nitrogen and oxygen atoms in total. The Balaban J connectivity index is 0.000000180. The van der Waals surface area contributed by atoms with E-state index < -0.39 is 0 Å². The second-order valence-electron chi connectivity index (χ2n) is 2.08. The Bertz CT molecular complexity index is 42.1. The Morgan fingerprint density at radius 1 is 1.10 bits per heavy atom. The van der Waals surface area contributed by atoms with Gasteiger partial charge in [0, 0.05) is 39.9 Å². The molecule has 0 unspecified atom stereocenters. The molecule has 0 aromatic heterocycles. The molecule has 0 atom stereocenters. The minimum Gasteiger partial charge on any atom is -0.385 e. The lowest BCUT2D eigenvalue weighted by Gasteiger charge is -2.11. The third-order valence-corrected chi connectivity index (χ3v) is 1.25. The Labute approximate surface area is 63.1 Å². The smallest absolute Gasteiger partial charge is 0.0433 e. The maximum absolute atomic E-state index is 4.54. The van der Waals surface area contributed by atoms with Crippen LogP contribution in [0.25, 0.3) is 0 Å². The lowest BCUT2D eigenvalue weighted by molar-refractivity contribution is 0.215. The summed E-state index contributed by atoms with van der Waals surface area (Å²) in [6.45, 7) is 7.33. The number of ether oxygens (including phenoxy) is 1. The third kappa shape index (κ3) is 7.88. The van der Waals surface area contributed by atoms with Crippen molar-refractivity contribution in [2.75, 3.05) is 39.9 Å². The monoisotopic (exact) mass is 146 g/mol. The molecule has 0 amide bonds. The molecule has 1 saturated heterocycles. The van der Waals surface area contributed by atoms with Crippen LogP contribution in [-0.2, 0) is 4.74 Å². The van der Waals surface area contributed by atoms with Crippen LogP contribution in [0.4, 0.5) is 0 Å². The molecule has 0 aromatic rings. The topological polar surface area (TPSA) is 33.3 Å². The van der Waals surface area contributed by atoms with Gasteiger partial charge >= 0.3 is 0 Å². The van der Waals surface area contributed by atoms with Crippen molar-refractivity contribution in [3.05, 3.63) is 0 Å². The first-order valence-corrected chi connectivity index (χ1v) is 3.82. The van der Waals surface area contributed by atoms with Crippen molar-refractivity contribution >= 4 is 0 Å². The maximum atomic E-state index is 4.54. The van der Waals surface area contributed by atoms with E-state index in [0.717, 1.165) is 32.8 Å². The molecule has 0 saturated carbocycles. The van der Waals surface area contributed by atoms with E-state index in [1.807, 2.05) is 6.92 Å². The summed E-state index contributed by atoms with van der Waals surface area (Å²) >= 11 is 0. The zero-order chi connectivity index (χ0) is 7.66. The van der Waals surface area contributed by atoms with Crippen molar-refractivity contribution in [1.29, 1.82) is 0 Å². The standard InChI is InChI=1S/C4H10N2.C3H8O/c1-2-6-4-3-5-1;1-3-4-2/h5-6H,1-4H2;3H2,1-2H3. The lowest BCUT2D eigenvalue weighted by Crippen LogP contribution is -2.39. The molecule has 1 fully saturated rings. The van der Waals surface area contributed by atoms with Crippen LogP contribution in [0, 0.1) is 0 Å². The van der Waals surface area contributed by atoms with Gasteiger partial charge in [-0.2, -0.15) is 0 Å². The van der Waals surface area contributed by atoms with Crippen LogP contribution in [0.5, 0.6) is 0 Å². The van der Waals surface area contributed by atoms with Crippen LogP contribution in [0.3, 0.4) is 0 Å². The van der Waals surface area contributed by atoms with Gasteiger partial charge in [0.2, 0.25) is 0 Å². The highest BCUT2D eigenvalue weighted by atomic mass is 16.5. The molecule has 10 heavy (non-hydrogen) atoms. The number of methoxy groups -OCH3 is 1. The zero-order valence-corrected chi connectivity index (χ0v) is 6.94. The second-order valence-corrected chi connectivity index (χ2v) is 2.08. The van der Waals surface area contributed by atoms with E-state index in [1.54, 1.807) is 7.11 Å². The van der Waals surface area contributed by atoms with E-state index in [0.29, 0.717) is 0 Å². The molecule has 1 rings (SSSR count). The Kier molecular flexibility index (Phi) is 8.77. The van der Waals surface area contributed by atoms with E-state index in [-0.39, 0.29) is 0 Å². The normalized spacial score (nSPS) is 17.4. The van der Waals surface area contributed by atoms with E-state index in [2.05, 4.69) is 15.4 Å². The minimum absolute atomic E-state index is 0.819. The van der Waals surface area contributed by atoms with Crippen LogP contribution >= 0.6 is 0 Å². The van der Waals surface area contributed by atoms with Gasteiger partial charge in [0.05, 0.1) is 0 Å². The SMILES string of the molecule is C1CNCCN1.CCOC. The maximum Gasteiger partial charge on any atom is 0.0433 e. The molecular formula is C7H18N2O. The molecule has 1 aliphatic rings. The summed E-state index contributed by atoms with van der Waals surface area (Å²) in [5.41, 5.74) is 0. The van der Waals surface area contributed by atoms with Crippen molar-refractivity contribution in [3.8, 4) is 0 Å². The van der Waals surface area contributed by atoms with Crippen molar-refractivity contribution in [1.82, 2.24) is 10.6 Å². The number of rotatable bonds is 1. The van der Waals surface area contributed by atoms with E-state index >= 15 is 0 Å². The second kappa shape index (κ2) is 8.88. The number of nitrogens with one attached hydrogen (secondary N) is 2. The van der Waals surface area contributed by atoms with E-state index in [1.165, 1.54) is 0 Å². The summed E-state index contributed by atoms with van der Waals surface area (Å²) in [4.78, 5) is 0. The molecule has 0 aliphatic carbocycles. The highest BCUT2D eigenvalue weighted by molar-refractivity contribution is 4.59. The van der Waals surface area contributed by atoms with Gasteiger partial charge < -0.3 is 15.4 Å². The molecule has 0 radical (unpaired) electrons. The predicted octanol–water partition coefficient (Wildman–Crippen LogP) is -0.168. The summed E-state index contributed by atoms with van der Waals surface area (Å²) < 4.78 is 4.54. The van der Waals surface area contributed by atoms with Gasteiger partial charge in [-0.1, -0.05) is 0 Å². The first-order valence-electron chi connectivity index (χ1n) is 3.82. The zero-order valence-electron chi connectivity index (χ0n) is 6.94. The van der Waals surface area contributed by atoms with Crippen molar-refractivity contribution in [2.24, 2.45) is 0 Å². The van der Waals surface area contributed by atoms with Crippen LogP contribution < -0.4 is 10.6 Å². The Morgan fingerprint density at radius 2 is 1.40 bits per heavy atom. The summed E-state index contributed by atoms with van der Waals surface area (Å²) in [7, 11) is 1.68. The fourth-order valence-electron chi connectivity index (χ4n) is 0.604. The molecule has 1 aliphatic heterocycles. The highest BCUT2D eigenvalue weighted by Gasteiger charge is 1.91. The van der Waals surface area contributed by atoms with Crippen LogP contribution in [0.1, 0.15) is 6.92 Å². The molecule has 0 spiro atoms. The largest absolute Gasteiger partial charge is 0.385 e. The van der Waals surface area contributed by atoms with Crippen LogP contribution in [0.2, 0.25) is 0 Å². The molecule has 2 N–H and O–H groups in total. The quantitative estimate of drug-likeness (QED) is 0.539. The van der Waals surface area contributed by atoms with Gasteiger partial charge in [0.25, 0.3) is 0 Å². The predicted molar refractivity (Wildman–Crippen MR) is 43.3 cm³/mol. The fourth-order valence-corrected chi connectivity index (χ4v) is 0.604. The average molecular weight is 146 g/mol. The highest BCUT2D eigenvalue weighted by Crippen LogP contribution is 1.65.